The molecular weight excluding hydrogens is 281 g/mol. The highest BCUT2D eigenvalue weighted by Crippen LogP contribution is 2.27. The first kappa shape index (κ1) is 13.8. The Bertz CT molecular complexity index is 648. The maximum atomic E-state index is 8.98. The van der Waals surface area contributed by atoms with Crippen molar-refractivity contribution in [1.82, 2.24) is 9.97 Å². The van der Waals surface area contributed by atoms with Gasteiger partial charge >= 0.3 is 0 Å². The van der Waals surface area contributed by atoms with Crippen molar-refractivity contribution in [2.45, 2.75) is 19.8 Å². The lowest BCUT2D eigenvalue weighted by Crippen LogP contribution is -1.98. The quantitative estimate of drug-likeness (QED) is 0.848. The molecule has 19 heavy (non-hydrogen) atoms. The van der Waals surface area contributed by atoms with E-state index in [0.29, 0.717) is 15.7 Å². The third-order valence-electron chi connectivity index (χ3n) is 2.60. The monoisotopic (exact) mass is 291 g/mol. The van der Waals surface area contributed by atoms with Crippen LogP contribution in [0.5, 0.6) is 0 Å². The molecule has 1 aromatic heterocycles. The molecule has 1 heterocycles. The number of aryl methyl sites for hydroxylation is 1. The Labute approximate surface area is 121 Å². The molecule has 0 radical (unpaired) electrons. The van der Waals surface area contributed by atoms with Crippen molar-refractivity contribution in [3.05, 3.63) is 45.8 Å². The lowest BCUT2D eigenvalue weighted by Gasteiger charge is -2.05. The van der Waals surface area contributed by atoms with Gasteiger partial charge in [-0.2, -0.15) is 5.26 Å². The van der Waals surface area contributed by atoms with Crippen LogP contribution in [0.15, 0.2) is 24.3 Å². The van der Waals surface area contributed by atoms with Gasteiger partial charge in [-0.15, -0.1) is 0 Å². The molecule has 0 bridgehead atoms. The predicted octanol–water partition coefficient (Wildman–Crippen LogP) is 4.27. The van der Waals surface area contributed by atoms with E-state index in [4.69, 9.17) is 28.5 Å². The third kappa shape index (κ3) is 3.23. The largest absolute Gasteiger partial charge is 0.232 e. The molecule has 0 spiro atoms. The van der Waals surface area contributed by atoms with Crippen LogP contribution >= 0.6 is 23.2 Å². The first-order chi connectivity index (χ1) is 9.13. The van der Waals surface area contributed by atoms with E-state index in [-0.39, 0.29) is 5.82 Å². The number of hydrogen-bond donors (Lipinski definition) is 0. The van der Waals surface area contributed by atoms with Gasteiger partial charge in [-0.1, -0.05) is 42.6 Å². The molecule has 0 atom stereocenters. The van der Waals surface area contributed by atoms with Crippen molar-refractivity contribution in [3.63, 3.8) is 0 Å². The van der Waals surface area contributed by atoms with Crippen LogP contribution in [0.1, 0.15) is 24.9 Å². The Morgan fingerprint density at radius 2 is 1.95 bits per heavy atom. The van der Waals surface area contributed by atoms with Crippen LogP contribution in [0, 0.1) is 11.3 Å². The summed E-state index contributed by atoms with van der Waals surface area (Å²) >= 11 is 11.9. The summed E-state index contributed by atoms with van der Waals surface area (Å²) in [5.41, 5.74) is 2.37. The average Bonchev–Trinajstić information content (AvgIpc) is 2.42. The zero-order chi connectivity index (χ0) is 13.8. The summed E-state index contributed by atoms with van der Waals surface area (Å²) in [5, 5.41) is 9.94. The van der Waals surface area contributed by atoms with Crippen LogP contribution in [-0.4, -0.2) is 9.97 Å². The van der Waals surface area contributed by atoms with E-state index in [1.165, 1.54) is 0 Å². The second-order valence-electron chi connectivity index (χ2n) is 4.06. The summed E-state index contributed by atoms with van der Waals surface area (Å²) in [6, 6.07) is 9.14. The maximum absolute atomic E-state index is 8.98. The van der Waals surface area contributed by atoms with Gasteiger partial charge in [-0.25, -0.2) is 9.97 Å². The zero-order valence-electron chi connectivity index (χ0n) is 10.3. The van der Waals surface area contributed by atoms with Gasteiger partial charge in [0.15, 0.2) is 0 Å². The minimum absolute atomic E-state index is 0.173. The van der Waals surface area contributed by atoms with Gasteiger partial charge in [0, 0.05) is 11.3 Å². The van der Waals surface area contributed by atoms with E-state index in [0.717, 1.165) is 24.1 Å². The van der Waals surface area contributed by atoms with Gasteiger partial charge in [-0.05, 0) is 24.6 Å². The van der Waals surface area contributed by atoms with Crippen LogP contribution in [0.4, 0.5) is 0 Å². The Kier molecular flexibility index (Phi) is 4.36. The Hall–Kier alpha value is -1.63. The molecule has 0 aliphatic rings. The van der Waals surface area contributed by atoms with Gasteiger partial charge < -0.3 is 0 Å². The van der Waals surface area contributed by atoms with Gasteiger partial charge in [0.25, 0.3) is 0 Å². The highest BCUT2D eigenvalue weighted by molar-refractivity contribution is 6.42. The zero-order valence-corrected chi connectivity index (χ0v) is 11.8. The molecule has 0 aliphatic carbocycles. The summed E-state index contributed by atoms with van der Waals surface area (Å²) in [6.45, 7) is 2.06. The van der Waals surface area contributed by atoms with E-state index in [1.54, 1.807) is 12.1 Å². The van der Waals surface area contributed by atoms with Gasteiger partial charge in [0.1, 0.15) is 6.07 Å². The van der Waals surface area contributed by atoms with Crippen LogP contribution in [0.3, 0.4) is 0 Å². The lowest BCUT2D eigenvalue weighted by atomic mass is 10.1. The molecule has 0 amide bonds. The fourth-order valence-corrected chi connectivity index (χ4v) is 2.03. The van der Waals surface area contributed by atoms with Crippen molar-refractivity contribution in [1.29, 1.82) is 5.26 Å². The van der Waals surface area contributed by atoms with Crippen molar-refractivity contribution >= 4 is 23.2 Å². The SMILES string of the molecule is CCCc1cc(-c2ccc(Cl)c(Cl)c2)nc(C#N)n1. The fourth-order valence-electron chi connectivity index (χ4n) is 1.74. The highest BCUT2D eigenvalue weighted by Gasteiger charge is 2.08. The molecule has 96 valence electrons. The van der Waals surface area contributed by atoms with Gasteiger partial charge in [-0.3, -0.25) is 0 Å². The minimum atomic E-state index is 0.173. The number of nitrogens with zero attached hydrogens (tertiary/aromatic N) is 3. The smallest absolute Gasteiger partial charge is 0.224 e. The molecule has 5 heteroatoms. The van der Waals surface area contributed by atoms with Gasteiger partial charge in [0.2, 0.25) is 5.82 Å². The average molecular weight is 292 g/mol. The Balaban J connectivity index is 2.51. The Morgan fingerprint density at radius 1 is 1.16 bits per heavy atom. The van der Waals surface area contributed by atoms with Crippen LogP contribution < -0.4 is 0 Å². The van der Waals surface area contributed by atoms with E-state index < -0.39 is 0 Å². The third-order valence-corrected chi connectivity index (χ3v) is 3.34. The van der Waals surface area contributed by atoms with E-state index >= 15 is 0 Å². The minimum Gasteiger partial charge on any atom is -0.224 e. The van der Waals surface area contributed by atoms with Crippen molar-refractivity contribution in [3.8, 4) is 17.3 Å². The molecule has 0 unspecified atom stereocenters. The molecule has 0 saturated carbocycles. The van der Waals surface area contributed by atoms with E-state index in [9.17, 15) is 0 Å². The second-order valence-corrected chi connectivity index (χ2v) is 4.87. The van der Waals surface area contributed by atoms with Crippen LogP contribution in [0.2, 0.25) is 10.0 Å². The molecular formula is C14H11Cl2N3. The number of halogens is 2. The topological polar surface area (TPSA) is 49.6 Å². The molecule has 0 saturated heterocycles. The van der Waals surface area contributed by atoms with E-state index in [2.05, 4.69) is 16.9 Å². The standard InChI is InChI=1S/C14H11Cl2N3/c1-2-3-10-7-13(19-14(8-17)18-10)9-4-5-11(15)12(16)6-9/h4-7H,2-3H2,1H3. The molecule has 0 N–H and O–H groups in total. The summed E-state index contributed by atoms with van der Waals surface area (Å²) in [5.74, 6) is 0.173. The molecule has 0 aliphatic heterocycles. The first-order valence-electron chi connectivity index (χ1n) is 5.87. The normalized spacial score (nSPS) is 10.2. The lowest BCUT2D eigenvalue weighted by molar-refractivity contribution is 0.868. The number of aromatic nitrogens is 2. The Morgan fingerprint density at radius 3 is 2.58 bits per heavy atom. The van der Waals surface area contributed by atoms with Crippen molar-refractivity contribution < 1.29 is 0 Å². The highest BCUT2D eigenvalue weighted by atomic mass is 35.5. The summed E-state index contributed by atoms with van der Waals surface area (Å²) in [4.78, 5) is 8.38. The summed E-state index contributed by atoms with van der Waals surface area (Å²) in [6.07, 6.45) is 1.77. The van der Waals surface area contributed by atoms with Crippen LogP contribution in [0.25, 0.3) is 11.3 Å². The fraction of sp³-hybridized carbons (Fsp3) is 0.214. The first-order valence-corrected chi connectivity index (χ1v) is 6.63. The summed E-state index contributed by atoms with van der Waals surface area (Å²) < 4.78 is 0. The molecule has 3 nitrogen and oxygen atoms in total. The number of hydrogen-bond acceptors (Lipinski definition) is 3. The summed E-state index contributed by atoms with van der Waals surface area (Å²) in [7, 11) is 0. The molecule has 1 aromatic carbocycles. The predicted molar refractivity (Wildman–Crippen MR) is 76.2 cm³/mol. The van der Waals surface area contributed by atoms with E-state index in [1.807, 2.05) is 18.2 Å². The number of rotatable bonds is 3. The van der Waals surface area contributed by atoms with Crippen molar-refractivity contribution in [2.75, 3.05) is 0 Å². The second kappa shape index (κ2) is 6.01. The molecule has 2 aromatic rings. The molecule has 2 rings (SSSR count). The molecule has 0 fully saturated rings. The van der Waals surface area contributed by atoms with Gasteiger partial charge in [0.05, 0.1) is 15.7 Å². The van der Waals surface area contributed by atoms with Crippen LogP contribution in [-0.2, 0) is 6.42 Å². The number of benzene rings is 1. The van der Waals surface area contributed by atoms with Crippen molar-refractivity contribution in [2.24, 2.45) is 0 Å². The maximum Gasteiger partial charge on any atom is 0.232 e. The number of nitriles is 1.